The zero-order valence-corrected chi connectivity index (χ0v) is 10.6. The quantitative estimate of drug-likeness (QED) is 0.890. The largest absolute Gasteiger partial charge is 0.488 e. The second-order valence-corrected chi connectivity index (χ2v) is 4.79. The van der Waals surface area contributed by atoms with E-state index in [1.165, 1.54) is 31.3 Å². The van der Waals surface area contributed by atoms with Gasteiger partial charge in [-0.3, -0.25) is 4.98 Å². The Balaban J connectivity index is 2.15. The number of ether oxygens (including phenoxy) is 1. The van der Waals surface area contributed by atoms with Crippen LogP contribution in [0.5, 0.6) is 5.75 Å². The van der Waals surface area contributed by atoms with Gasteiger partial charge in [-0.1, -0.05) is 13.3 Å². The van der Waals surface area contributed by atoms with Gasteiger partial charge in [-0.2, -0.15) is 0 Å². The zero-order valence-electron chi connectivity index (χ0n) is 10.6. The van der Waals surface area contributed by atoms with Crippen LogP contribution in [0.3, 0.4) is 0 Å². The molecule has 2 rings (SSSR count). The molecule has 2 unspecified atom stereocenters. The lowest BCUT2D eigenvalue weighted by atomic mass is 9.85. The average Bonchev–Trinajstić information content (AvgIpc) is 2.40. The van der Waals surface area contributed by atoms with E-state index < -0.39 is 5.97 Å². The van der Waals surface area contributed by atoms with E-state index >= 15 is 0 Å². The minimum absolute atomic E-state index is 0.131. The van der Waals surface area contributed by atoms with Crippen molar-refractivity contribution in [2.24, 2.45) is 5.92 Å². The van der Waals surface area contributed by atoms with Crippen LogP contribution < -0.4 is 4.74 Å². The summed E-state index contributed by atoms with van der Waals surface area (Å²) in [5, 5.41) is 9.11. The fraction of sp³-hybridized carbons (Fsp3) is 0.571. The summed E-state index contributed by atoms with van der Waals surface area (Å²) < 4.78 is 5.91. The molecule has 0 aromatic carbocycles. The molecule has 1 N–H and O–H groups in total. The minimum atomic E-state index is -0.962. The van der Waals surface area contributed by atoms with Gasteiger partial charge in [0, 0.05) is 6.20 Å². The van der Waals surface area contributed by atoms with Crippen LogP contribution in [0.4, 0.5) is 0 Å². The summed E-state index contributed by atoms with van der Waals surface area (Å²) in [4.78, 5) is 15.1. The maximum Gasteiger partial charge on any atom is 0.339 e. The van der Waals surface area contributed by atoms with E-state index in [0.717, 1.165) is 19.3 Å². The van der Waals surface area contributed by atoms with E-state index in [-0.39, 0.29) is 11.7 Å². The third kappa shape index (κ3) is 2.81. The summed E-state index contributed by atoms with van der Waals surface area (Å²) in [6.07, 6.45) is 8.77. The van der Waals surface area contributed by atoms with Gasteiger partial charge < -0.3 is 9.84 Å². The van der Waals surface area contributed by atoms with Crippen molar-refractivity contribution < 1.29 is 14.6 Å². The van der Waals surface area contributed by atoms with Gasteiger partial charge in [-0.05, 0) is 37.7 Å². The number of hydrogen-bond acceptors (Lipinski definition) is 3. The predicted octanol–water partition coefficient (Wildman–Crippen LogP) is 3.13. The van der Waals surface area contributed by atoms with Gasteiger partial charge in [0.1, 0.15) is 11.7 Å². The number of aromatic nitrogens is 1. The van der Waals surface area contributed by atoms with Crippen LogP contribution in [0.15, 0.2) is 18.5 Å². The number of rotatable bonds is 4. The molecule has 0 spiro atoms. The minimum Gasteiger partial charge on any atom is -0.488 e. The molecule has 1 aliphatic carbocycles. The number of carboxylic acid groups (broad SMARTS) is 1. The van der Waals surface area contributed by atoms with Crippen molar-refractivity contribution >= 4 is 5.97 Å². The van der Waals surface area contributed by atoms with Crippen LogP contribution in [0.2, 0.25) is 0 Å². The number of nitrogens with zero attached hydrogens (tertiary/aromatic N) is 1. The standard InChI is InChI=1S/C14H19NO3/c1-2-10-5-3-4-6-12(10)18-13-9-15-8-7-11(13)14(16)17/h7-10,12H,2-6H2,1H3,(H,16,17). The Hall–Kier alpha value is -1.58. The topological polar surface area (TPSA) is 59.4 Å². The number of pyridine rings is 1. The molecule has 0 bridgehead atoms. The maximum atomic E-state index is 11.1. The molecule has 1 fully saturated rings. The van der Waals surface area contributed by atoms with Gasteiger partial charge >= 0.3 is 5.97 Å². The molecule has 0 aliphatic heterocycles. The Morgan fingerprint density at radius 3 is 3.00 bits per heavy atom. The summed E-state index contributed by atoms with van der Waals surface area (Å²) in [5.41, 5.74) is 0.199. The average molecular weight is 249 g/mol. The van der Waals surface area contributed by atoms with Crippen LogP contribution in [-0.2, 0) is 0 Å². The highest BCUT2D eigenvalue weighted by molar-refractivity contribution is 5.90. The third-order valence-electron chi connectivity index (χ3n) is 3.66. The van der Waals surface area contributed by atoms with Crippen molar-refractivity contribution in [1.82, 2.24) is 4.98 Å². The lowest BCUT2D eigenvalue weighted by Gasteiger charge is -2.31. The highest BCUT2D eigenvalue weighted by Crippen LogP contribution is 2.31. The summed E-state index contributed by atoms with van der Waals surface area (Å²) in [6.45, 7) is 2.16. The molecule has 98 valence electrons. The Kier molecular flexibility index (Phi) is 4.18. The van der Waals surface area contributed by atoms with Crippen molar-refractivity contribution in [3.8, 4) is 5.75 Å². The fourth-order valence-corrected chi connectivity index (χ4v) is 2.61. The molecular weight excluding hydrogens is 230 g/mol. The number of aromatic carboxylic acids is 1. The van der Waals surface area contributed by atoms with Gasteiger partial charge in [0.05, 0.1) is 6.20 Å². The second-order valence-electron chi connectivity index (χ2n) is 4.79. The smallest absolute Gasteiger partial charge is 0.339 e. The fourth-order valence-electron chi connectivity index (χ4n) is 2.61. The predicted molar refractivity (Wildman–Crippen MR) is 67.9 cm³/mol. The second kappa shape index (κ2) is 5.85. The summed E-state index contributed by atoms with van der Waals surface area (Å²) in [5.74, 6) is -0.0350. The lowest BCUT2D eigenvalue weighted by molar-refractivity contribution is 0.0663. The highest BCUT2D eigenvalue weighted by Gasteiger charge is 2.26. The van der Waals surface area contributed by atoms with E-state index in [9.17, 15) is 4.79 Å². The Labute approximate surface area is 107 Å². The first-order valence-electron chi connectivity index (χ1n) is 6.56. The van der Waals surface area contributed by atoms with Gasteiger partial charge in [0.25, 0.3) is 0 Å². The molecule has 1 aromatic rings. The van der Waals surface area contributed by atoms with Crippen molar-refractivity contribution in [2.75, 3.05) is 0 Å². The molecule has 0 saturated heterocycles. The molecule has 18 heavy (non-hydrogen) atoms. The summed E-state index contributed by atoms with van der Waals surface area (Å²) >= 11 is 0. The SMILES string of the molecule is CCC1CCCCC1Oc1cnccc1C(=O)O. The van der Waals surface area contributed by atoms with Crippen LogP contribution in [-0.4, -0.2) is 22.2 Å². The summed E-state index contributed by atoms with van der Waals surface area (Å²) in [7, 11) is 0. The number of carbonyl (C=O) groups is 1. The first kappa shape index (κ1) is 12.9. The van der Waals surface area contributed by atoms with E-state index in [1.807, 2.05) is 0 Å². The van der Waals surface area contributed by atoms with E-state index in [2.05, 4.69) is 11.9 Å². The van der Waals surface area contributed by atoms with Gasteiger partial charge in [0.15, 0.2) is 5.75 Å². The van der Waals surface area contributed by atoms with E-state index in [0.29, 0.717) is 11.7 Å². The van der Waals surface area contributed by atoms with Crippen molar-refractivity contribution in [3.63, 3.8) is 0 Å². The maximum absolute atomic E-state index is 11.1. The third-order valence-corrected chi connectivity index (χ3v) is 3.66. The van der Waals surface area contributed by atoms with Crippen molar-refractivity contribution in [3.05, 3.63) is 24.0 Å². The van der Waals surface area contributed by atoms with Crippen LogP contribution in [0, 0.1) is 5.92 Å². The van der Waals surface area contributed by atoms with Gasteiger partial charge in [0.2, 0.25) is 0 Å². The Morgan fingerprint density at radius 2 is 2.28 bits per heavy atom. The van der Waals surface area contributed by atoms with Crippen LogP contribution in [0.25, 0.3) is 0 Å². The molecule has 4 nitrogen and oxygen atoms in total. The van der Waals surface area contributed by atoms with E-state index in [1.54, 1.807) is 0 Å². The highest BCUT2D eigenvalue weighted by atomic mass is 16.5. The van der Waals surface area contributed by atoms with Crippen molar-refractivity contribution in [1.29, 1.82) is 0 Å². The molecule has 2 atom stereocenters. The first-order valence-corrected chi connectivity index (χ1v) is 6.56. The molecule has 1 aromatic heterocycles. The van der Waals surface area contributed by atoms with Crippen LogP contribution >= 0.6 is 0 Å². The molecule has 1 aliphatic rings. The normalized spacial score (nSPS) is 23.6. The number of carboxylic acids is 1. The zero-order chi connectivity index (χ0) is 13.0. The molecule has 1 saturated carbocycles. The number of hydrogen-bond donors (Lipinski definition) is 1. The molecule has 1 heterocycles. The van der Waals surface area contributed by atoms with Gasteiger partial charge in [-0.25, -0.2) is 4.79 Å². The van der Waals surface area contributed by atoms with Gasteiger partial charge in [-0.15, -0.1) is 0 Å². The Morgan fingerprint density at radius 1 is 1.50 bits per heavy atom. The monoisotopic (exact) mass is 249 g/mol. The molecular formula is C14H19NO3. The molecule has 0 radical (unpaired) electrons. The lowest BCUT2D eigenvalue weighted by Crippen LogP contribution is -2.30. The van der Waals surface area contributed by atoms with Crippen LogP contribution in [0.1, 0.15) is 49.4 Å². The molecule has 4 heteroatoms. The first-order chi connectivity index (χ1) is 8.72. The summed E-state index contributed by atoms with van der Waals surface area (Å²) in [6, 6.07) is 1.49. The Bertz CT molecular complexity index is 419. The molecule has 0 amide bonds. The van der Waals surface area contributed by atoms with E-state index in [4.69, 9.17) is 9.84 Å². The van der Waals surface area contributed by atoms with Crippen molar-refractivity contribution in [2.45, 2.75) is 45.1 Å².